The fourth-order valence-electron chi connectivity index (χ4n) is 2.59. The Morgan fingerprint density at radius 1 is 1.10 bits per heavy atom. The average molecular weight is 413 g/mol. The summed E-state index contributed by atoms with van der Waals surface area (Å²) in [5, 5.41) is 9.92. The summed E-state index contributed by atoms with van der Waals surface area (Å²) >= 11 is 0. The lowest BCUT2D eigenvalue weighted by molar-refractivity contribution is 0.112. The molecule has 0 bridgehead atoms. The van der Waals surface area contributed by atoms with Crippen LogP contribution in [0.25, 0.3) is 11.1 Å². The van der Waals surface area contributed by atoms with Crippen LogP contribution in [0.1, 0.15) is 21.9 Å². The first-order valence-electron chi connectivity index (χ1n) is 8.66. The topological polar surface area (TPSA) is 106 Å². The predicted molar refractivity (Wildman–Crippen MR) is 109 cm³/mol. The lowest BCUT2D eigenvalue weighted by Crippen LogP contribution is -2.17. The lowest BCUT2D eigenvalue weighted by Gasteiger charge is -2.10. The summed E-state index contributed by atoms with van der Waals surface area (Å²) in [7, 11) is -1.26. The maximum absolute atomic E-state index is 11.9. The SMILES string of the molecule is CS(=O)NCc1cc(=O)c(O)c(COc2ccc(-c3ccc(C=O)cc3)cc2)o1. The van der Waals surface area contributed by atoms with E-state index in [1.54, 1.807) is 24.3 Å². The van der Waals surface area contributed by atoms with E-state index in [-0.39, 0.29) is 24.7 Å². The summed E-state index contributed by atoms with van der Waals surface area (Å²) in [5.41, 5.74) is 1.92. The van der Waals surface area contributed by atoms with Gasteiger partial charge in [0, 0.05) is 17.9 Å². The summed E-state index contributed by atoms with van der Waals surface area (Å²) in [6, 6.07) is 15.6. The highest BCUT2D eigenvalue weighted by atomic mass is 32.2. The highest BCUT2D eigenvalue weighted by Gasteiger charge is 2.12. The maximum atomic E-state index is 11.9. The first-order chi connectivity index (χ1) is 14.0. The number of hydrogen-bond donors (Lipinski definition) is 2. The number of hydrogen-bond acceptors (Lipinski definition) is 6. The van der Waals surface area contributed by atoms with Crippen LogP contribution < -0.4 is 14.9 Å². The fourth-order valence-corrected chi connectivity index (χ4v) is 2.94. The van der Waals surface area contributed by atoms with Gasteiger partial charge in [-0.3, -0.25) is 9.59 Å². The molecule has 1 unspecified atom stereocenters. The first-order valence-corrected chi connectivity index (χ1v) is 10.2. The summed E-state index contributed by atoms with van der Waals surface area (Å²) in [6.45, 7) is -0.0548. The molecule has 0 amide bonds. The van der Waals surface area contributed by atoms with E-state index < -0.39 is 22.2 Å². The number of aldehydes is 1. The van der Waals surface area contributed by atoms with Crippen molar-refractivity contribution >= 4 is 17.3 Å². The van der Waals surface area contributed by atoms with Crippen LogP contribution in [-0.4, -0.2) is 21.9 Å². The minimum absolute atomic E-state index is 0.00952. The van der Waals surface area contributed by atoms with Gasteiger partial charge in [-0.05, 0) is 23.3 Å². The fraction of sp³-hybridized carbons (Fsp3) is 0.143. The van der Waals surface area contributed by atoms with Crippen LogP contribution in [0.4, 0.5) is 0 Å². The van der Waals surface area contributed by atoms with Crippen LogP contribution in [0.2, 0.25) is 0 Å². The third-order valence-corrected chi connectivity index (χ3v) is 4.65. The Morgan fingerprint density at radius 2 is 1.72 bits per heavy atom. The summed E-state index contributed by atoms with van der Waals surface area (Å²) < 4.78 is 24.8. The van der Waals surface area contributed by atoms with Crippen molar-refractivity contribution in [2.75, 3.05) is 6.26 Å². The highest BCUT2D eigenvalue weighted by molar-refractivity contribution is 7.82. The van der Waals surface area contributed by atoms with E-state index in [0.717, 1.165) is 23.5 Å². The van der Waals surface area contributed by atoms with Gasteiger partial charge in [-0.2, -0.15) is 0 Å². The number of ether oxygens (including phenoxy) is 1. The third kappa shape index (κ3) is 5.40. The first kappa shape index (κ1) is 20.5. The highest BCUT2D eigenvalue weighted by Crippen LogP contribution is 2.24. The molecule has 0 fully saturated rings. The van der Waals surface area contributed by atoms with Crippen LogP contribution in [0.3, 0.4) is 0 Å². The Bertz CT molecular complexity index is 1070. The number of aromatic hydroxyl groups is 1. The van der Waals surface area contributed by atoms with Gasteiger partial charge in [0.25, 0.3) is 0 Å². The summed E-state index contributed by atoms with van der Waals surface area (Å²) in [6.07, 6.45) is 2.25. The molecule has 3 rings (SSSR count). The summed E-state index contributed by atoms with van der Waals surface area (Å²) in [5.74, 6) is 0.247. The van der Waals surface area contributed by atoms with Gasteiger partial charge in [0.05, 0.1) is 17.5 Å². The van der Waals surface area contributed by atoms with Crippen molar-refractivity contribution < 1.29 is 23.3 Å². The molecule has 2 N–H and O–H groups in total. The molecule has 1 heterocycles. The van der Waals surface area contributed by atoms with Gasteiger partial charge < -0.3 is 14.3 Å². The largest absolute Gasteiger partial charge is 0.502 e. The van der Waals surface area contributed by atoms with Crippen molar-refractivity contribution in [2.24, 2.45) is 0 Å². The van der Waals surface area contributed by atoms with E-state index in [9.17, 15) is 18.9 Å². The zero-order valence-corrected chi connectivity index (χ0v) is 16.4. The summed E-state index contributed by atoms with van der Waals surface area (Å²) in [4.78, 5) is 22.6. The standard InChI is InChI=1S/C21H19NO6S/c1-29(26)22-11-18-10-19(24)21(25)20(28-18)13-27-17-8-6-16(7-9-17)15-4-2-14(12-23)3-5-15/h2-10,12,22,25H,11,13H2,1H3. The monoisotopic (exact) mass is 413 g/mol. The molecule has 0 aliphatic carbocycles. The van der Waals surface area contributed by atoms with E-state index in [0.29, 0.717) is 11.3 Å². The van der Waals surface area contributed by atoms with E-state index in [1.165, 1.54) is 6.26 Å². The molecular formula is C21H19NO6S. The Hall–Kier alpha value is -3.23. The van der Waals surface area contributed by atoms with Crippen molar-refractivity contribution in [1.82, 2.24) is 4.72 Å². The van der Waals surface area contributed by atoms with Crippen molar-refractivity contribution in [3.05, 3.63) is 81.9 Å². The van der Waals surface area contributed by atoms with Crippen LogP contribution >= 0.6 is 0 Å². The van der Waals surface area contributed by atoms with Crippen LogP contribution in [0.15, 0.2) is 63.8 Å². The lowest BCUT2D eigenvalue weighted by atomic mass is 10.0. The molecule has 7 nitrogen and oxygen atoms in total. The van der Waals surface area contributed by atoms with E-state index in [1.807, 2.05) is 24.3 Å². The zero-order chi connectivity index (χ0) is 20.8. The van der Waals surface area contributed by atoms with E-state index >= 15 is 0 Å². The Labute approximate surface area is 169 Å². The van der Waals surface area contributed by atoms with Gasteiger partial charge in [0.1, 0.15) is 24.4 Å². The second kappa shape index (κ2) is 9.31. The molecule has 0 saturated heterocycles. The smallest absolute Gasteiger partial charge is 0.227 e. The molecule has 0 spiro atoms. The number of carbonyl (C=O) groups is 1. The van der Waals surface area contributed by atoms with Crippen LogP contribution in [0.5, 0.6) is 11.5 Å². The van der Waals surface area contributed by atoms with Crippen molar-refractivity contribution in [3.63, 3.8) is 0 Å². The molecule has 3 aromatic rings. The molecule has 1 atom stereocenters. The number of benzene rings is 2. The quantitative estimate of drug-likeness (QED) is 0.550. The molecule has 29 heavy (non-hydrogen) atoms. The second-order valence-electron chi connectivity index (χ2n) is 6.18. The zero-order valence-electron chi connectivity index (χ0n) is 15.6. The van der Waals surface area contributed by atoms with Crippen molar-refractivity contribution in [1.29, 1.82) is 0 Å². The van der Waals surface area contributed by atoms with Gasteiger partial charge in [0.2, 0.25) is 11.2 Å². The normalized spacial score (nSPS) is 11.8. The maximum Gasteiger partial charge on any atom is 0.227 e. The Morgan fingerprint density at radius 3 is 2.31 bits per heavy atom. The average Bonchev–Trinajstić information content (AvgIpc) is 2.74. The molecule has 8 heteroatoms. The van der Waals surface area contributed by atoms with Crippen molar-refractivity contribution in [2.45, 2.75) is 13.2 Å². The van der Waals surface area contributed by atoms with Crippen LogP contribution in [0, 0.1) is 0 Å². The number of nitrogens with one attached hydrogen (secondary N) is 1. The van der Waals surface area contributed by atoms with E-state index in [4.69, 9.17) is 9.15 Å². The van der Waals surface area contributed by atoms with Crippen LogP contribution in [-0.2, 0) is 24.1 Å². The van der Waals surface area contributed by atoms with Gasteiger partial charge >= 0.3 is 0 Å². The molecule has 0 aliphatic heterocycles. The van der Waals surface area contributed by atoms with Gasteiger partial charge in [-0.1, -0.05) is 36.4 Å². The molecule has 1 aromatic heterocycles. The molecule has 150 valence electrons. The second-order valence-corrected chi connectivity index (χ2v) is 7.37. The molecule has 0 saturated carbocycles. The van der Waals surface area contributed by atoms with E-state index in [2.05, 4.69) is 4.72 Å². The third-order valence-electron chi connectivity index (χ3n) is 4.10. The Kier molecular flexibility index (Phi) is 6.58. The minimum atomic E-state index is -1.26. The Balaban J connectivity index is 1.70. The van der Waals surface area contributed by atoms with Gasteiger partial charge in [-0.25, -0.2) is 8.93 Å². The number of rotatable bonds is 8. The molecule has 0 aliphatic rings. The van der Waals surface area contributed by atoms with Crippen molar-refractivity contribution in [3.8, 4) is 22.6 Å². The molecular weight excluding hydrogens is 394 g/mol. The minimum Gasteiger partial charge on any atom is -0.502 e. The van der Waals surface area contributed by atoms with Gasteiger partial charge in [0.15, 0.2) is 5.76 Å². The predicted octanol–water partition coefficient (Wildman–Crippen LogP) is 2.79. The van der Waals surface area contributed by atoms with Gasteiger partial charge in [-0.15, -0.1) is 0 Å². The molecule has 0 radical (unpaired) electrons. The number of carbonyl (C=O) groups excluding carboxylic acids is 1. The molecule has 2 aromatic carbocycles.